The molecule has 0 fully saturated rings. The highest BCUT2D eigenvalue weighted by Gasteiger charge is 2.19. The van der Waals surface area contributed by atoms with Gasteiger partial charge in [0.1, 0.15) is 11.5 Å². The third kappa shape index (κ3) is 2.05. The minimum atomic E-state index is -1.02. The van der Waals surface area contributed by atoms with E-state index in [2.05, 4.69) is 20.1 Å². The van der Waals surface area contributed by atoms with Crippen molar-refractivity contribution >= 4 is 11.8 Å². The summed E-state index contributed by atoms with van der Waals surface area (Å²) >= 11 is 0. The second-order valence-corrected chi connectivity index (χ2v) is 4.64. The van der Waals surface area contributed by atoms with Crippen molar-refractivity contribution in [2.75, 3.05) is 20.1 Å². The second-order valence-electron chi connectivity index (χ2n) is 4.64. The monoisotopic (exact) mass is 270 g/mol. The van der Waals surface area contributed by atoms with Crippen LogP contribution in [0.15, 0.2) is 35.3 Å². The van der Waals surface area contributed by atoms with Crippen LogP contribution in [0, 0.1) is 0 Å². The van der Waals surface area contributed by atoms with Crippen LogP contribution in [-0.4, -0.2) is 52.1 Å². The Hall–Kier alpha value is -2.63. The normalized spacial score (nSPS) is 14.4. The molecule has 1 aliphatic heterocycles. The van der Waals surface area contributed by atoms with E-state index in [4.69, 9.17) is 5.11 Å². The molecule has 6 heteroatoms. The lowest BCUT2D eigenvalue weighted by Gasteiger charge is -2.16. The number of amidine groups is 1. The molecule has 1 aliphatic rings. The maximum absolute atomic E-state index is 10.9. The summed E-state index contributed by atoms with van der Waals surface area (Å²) in [7, 11) is 2.00. The SMILES string of the molecule is CN1CCN=C1c1ccccc1-c1cc(C(=O)O)[nH]n1. The quantitative estimate of drug-likeness (QED) is 0.884. The Bertz CT molecular complexity index is 690. The summed E-state index contributed by atoms with van der Waals surface area (Å²) in [5.41, 5.74) is 2.54. The Labute approximate surface area is 115 Å². The Morgan fingerprint density at radius 3 is 2.70 bits per heavy atom. The molecule has 1 aromatic carbocycles. The number of aliphatic imine (C=N–C) groups is 1. The van der Waals surface area contributed by atoms with Crippen LogP contribution in [0.4, 0.5) is 0 Å². The van der Waals surface area contributed by atoms with Gasteiger partial charge in [-0.2, -0.15) is 5.10 Å². The van der Waals surface area contributed by atoms with Crippen LogP contribution in [0.5, 0.6) is 0 Å². The first-order chi connectivity index (χ1) is 9.66. The number of hydrogen-bond donors (Lipinski definition) is 2. The van der Waals surface area contributed by atoms with E-state index in [0.717, 1.165) is 30.1 Å². The minimum Gasteiger partial charge on any atom is -0.477 e. The van der Waals surface area contributed by atoms with Gasteiger partial charge in [0, 0.05) is 24.7 Å². The standard InChI is InChI=1S/C14H14N4O2/c1-18-7-6-15-13(18)10-5-3-2-4-9(10)11-8-12(14(19)20)17-16-11/h2-5,8H,6-7H2,1H3,(H,16,17)(H,19,20). The Kier molecular flexibility index (Phi) is 2.98. The summed E-state index contributed by atoms with van der Waals surface area (Å²) in [6.45, 7) is 1.67. The number of aromatic nitrogens is 2. The number of rotatable bonds is 3. The predicted molar refractivity (Wildman–Crippen MR) is 75.0 cm³/mol. The van der Waals surface area contributed by atoms with Gasteiger partial charge in [-0.25, -0.2) is 4.79 Å². The smallest absolute Gasteiger partial charge is 0.353 e. The van der Waals surface area contributed by atoms with Crippen LogP contribution in [0.1, 0.15) is 16.1 Å². The number of carboxylic acid groups (broad SMARTS) is 1. The fraction of sp³-hybridized carbons (Fsp3) is 0.214. The molecule has 0 atom stereocenters. The molecule has 0 spiro atoms. The summed E-state index contributed by atoms with van der Waals surface area (Å²) in [4.78, 5) is 17.5. The largest absolute Gasteiger partial charge is 0.477 e. The highest BCUT2D eigenvalue weighted by molar-refractivity contribution is 6.05. The lowest BCUT2D eigenvalue weighted by molar-refractivity contribution is 0.0690. The molecule has 1 aromatic heterocycles. The van der Waals surface area contributed by atoms with Crippen LogP contribution in [-0.2, 0) is 0 Å². The van der Waals surface area contributed by atoms with E-state index < -0.39 is 5.97 Å². The lowest BCUT2D eigenvalue weighted by atomic mass is 10.0. The molecule has 6 nitrogen and oxygen atoms in total. The fourth-order valence-corrected chi connectivity index (χ4v) is 2.29. The molecule has 3 rings (SSSR count). The van der Waals surface area contributed by atoms with E-state index in [-0.39, 0.29) is 5.69 Å². The number of benzene rings is 1. The molecule has 2 aromatic rings. The van der Waals surface area contributed by atoms with Gasteiger partial charge in [-0.3, -0.25) is 10.1 Å². The summed E-state index contributed by atoms with van der Waals surface area (Å²) < 4.78 is 0. The third-order valence-corrected chi connectivity index (χ3v) is 3.31. The lowest BCUT2D eigenvalue weighted by Crippen LogP contribution is -2.23. The zero-order valence-electron chi connectivity index (χ0n) is 11.0. The van der Waals surface area contributed by atoms with Crippen molar-refractivity contribution in [1.82, 2.24) is 15.1 Å². The van der Waals surface area contributed by atoms with Gasteiger partial charge in [-0.15, -0.1) is 0 Å². The maximum atomic E-state index is 10.9. The van der Waals surface area contributed by atoms with Crippen LogP contribution >= 0.6 is 0 Å². The summed E-state index contributed by atoms with van der Waals surface area (Å²) in [5, 5.41) is 15.6. The molecule has 2 N–H and O–H groups in total. The first kappa shape index (κ1) is 12.4. The van der Waals surface area contributed by atoms with E-state index in [0.29, 0.717) is 5.69 Å². The molecule has 2 heterocycles. The van der Waals surface area contributed by atoms with E-state index in [1.165, 1.54) is 6.07 Å². The number of carbonyl (C=O) groups is 1. The average molecular weight is 270 g/mol. The van der Waals surface area contributed by atoms with Crippen molar-refractivity contribution in [2.45, 2.75) is 0 Å². The van der Waals surface area contributed by atoms with Crippen LogP contribution in [0.25, 0.3) is 11.3 Å². The number of nitrogens with one attached hydrogen (secondary N) is 1. The Morgan fingerprint density at radius 1 is 1.35 bits per heavy atom. The van der Waals surface area contributed by atoms with Gasteiger partial charge in [-0.1, -0.05) is 24.3 Å². The fourth-order valence-electron chi connectivity index (χ4n) is 2.29. The van der Waals surface area contributed by atoms with Gasteiger partial charge >= 0.3 is 5.97 Å². The van der Waals surface area contributed by atoms with Gasteiger partial charge in [0.05, 0.1) is 12.2 Å². The summed E-state index contributed by atoms with van der Waals surface area (Å²) in [5.74, 6) is -0.1000. The number of H-pyrrole nitrogens is 1. The van der Waals surface area contributed by atoms with Crippen molar-refractivity contribution < 1.29 is 9.90 Å². The van der Waals surface area contributed by atoms with Gasteiger partial charge in [0.25, 0.3) is 0 Å². The minimum absolute atomic E-state index is 0.0801. The summed E-state index contributed by atoms with van der Waals surface area (Å²) in [6, 6.07) is 9.29. The first-order valence-corrected chi connectivity index (χ1v) is 6.31. The molecule has 0 radical (unpaired) electrons. The van der Waals surface area contributed by atoms with E-state index in [1.54, 1.807) is 0 Å². The van der Waals surface area contributed by atoms with Crippen molar-refractivity contribution in [1.29, 1.82) is 0 Å². The highest BCUT2D eigenvalue weighted by atomic mass is 16.4. The van der Waals surface area contributed by atoms with Crippen LogP contribution < -0.4 is 0 Å². The zero-order valence-corrected chi connectivity index (χ0v) is 11.0. The van der Waals surface area contributed by atoms with Gasteiger partial charge in [0.15, 0.2) is 0 Å². The third-order valence-electron chi connectivity index (χ3n) is 3.31. The molecule has 0 saturated carbocycles. The van der Waals surface area contributed by atoms with Crippen LogP contribution in [0.2, 0.25) is 0 Å². The number of aromatic amines is 1. The number of hydrogen-bond acceptors (Lipinski definition) is 4. The number of carboxylic acids is 1. The van der Waals surface area contributed by atoms with E-state index in [1.807, 2.05) is 31.3 Å². The molecule has 0 saturated heterocycles. The van der Waals surface area contributed by atoms with Crippen molar-refractivity contribution in [2.24, 2.45) is 4.99 Å². The van der Waals surface area contributed by atoms with E-state index >= 15 is 0 Å². The first-order valence-electron chi connectivity index (χ1n) is 6.31. The van der Waals surface area contributed by atoms with Gasteiger partial charge < -0.3 is 10.0 Å². The number of likely N-dealkylation sites (N-methyl/N-ethyl adjacent to an activating group) is 1. The van der Waals surface area contributed by atoms with Crippen molar-refractivity contribution in [3.63, 3.8) is 0 Å². The topological polar surface area (TPSA) is 81.6 Å². The molecule has 0 aliphatic carbocycles. The average Bonchev–Trinajstić information content (AvgIpc) is 3.07. The molecule has 0 unspecified atom stereocenters. The van der Waals surface area contributed by atoms with Gasteiger partial charge in [-0.05, 0) is 6.07 Å². The highest BCUT2D eigenvalue weighted by Crippen LogP contribution is 2.25. The molecular formula is C14H14N4O2. The zero-order chi connectivity index (χ0) is 14.1. The predicted octanol–water partition coefficient (Wildman–Crippen LogP) is 1.47. The van der Waals surface area contributed by atoms with Crippen molar-refractivity contribution in [3.05, 3.63) is 41.6 Å². The molecule has 0 amide bonds. The molecule has 0 bridgehead atoms. The Morgan fingerprint density at radius 2 is 2.10 bits per heavy atom. The van der Waals surface area contributed by atoms with Crippen molar-refractivity contribution in [3.8, 4) is 11.3 Å². The van der Waals surface area contributed by atoms with Crippen LogP contribution in [0.3, 0.4) is 0 Å². The number of nitrogens with zero attached hydrogens (tertiary/aromatic N) is 3. The van der Waals surface area contributed by atoms with Gasteiger partial charge in [0.2, 0.25) is 0 Å². The molecular weight excluding hydrogens is 256 g/mol. The molecule has 20 heavy (non-hydrogen) atoms. The number of aromatic carboxylic acids is 1. The molecule has 102 valence electrons. The van der Waals surface area contributed by atoms with E-state index in [9.17, 15) is 4.79 Å². The second kappa shape index (κ2) is 4.80. The summed E-state index contributed by atoms with van der Waals surface area (Å²) in [6.07, 6.45) is 0. The Balaban J connectivity index is 2.07. The maximum Gasteiger partial charge on any atom is 0.353 e.